The van der Waals surface area contributed by atoms with Gasteiger partial charge in [0.2, 0.25) is 0 Å². The van der Waals surface area contributed by atoms with Crippen LogP contribution in [0.4, 0.5) is 26.3 Å². The first-order valence-corrected chi connectivity index (χ1v) is 9.40. The van der Waals surface area contributed by atoms with Crippen molar-refractivity contribution in [2.45, 2.75) is 30.6 Å². The van der Waals surface area contributed by atoms with Gasteiger partial charge >= 0.3 is 12.4 Å². The molecule has 2 rings (SSSR count). The number of hydrogen-bond acceptors (Lipinski definition) is 3. The zero-order chi connectivity index (χ0) is 21.7. The molecule has 0 fully saturated rings. The molecule has 0 aliphatic rings. The summed E-state index contributed by atoms with van der Waals surface area (Å²) in [5.41, 5.74) is -0.291. The van der Waals surface area contributed by atoms with Crippen LogP contribution in [0.1, 0.15) is 34.9 Å². The van der Waals surface area contributed by atoms with Gasteiger partial charge in [-0.25, -0.2) is 0 Å². The van der Waals surface area contributed by atoms with Crippen LogP contribution in [0.3, 0.4) is 0 Å². The third kappa shape index (κ3) is 6.62. The molecule has 0 spiro atoms. The first-order chi connectivity index (χ1) is 13.5. The quantitative estimate of drug-likeness (QED) is 0.397. The summed E-state index contributed by atoms with van der Waals surface area (Å²) in [6.45, 7) is 0. The second-order valence-electron chi connectivity index (χ2n) is 6.24. The molecule has 0 aromatic heterocycles. The van der Waals surface area contributed by atoms with E-state index in [-0.39, 0.29) is 23.7 Å². The zero-order valence-corrected chi connectivity index (χ0v) is 15.7. The van der Waals surface area contributed by atoms with Crippen molar-refractivity contribution < 1.29 is 35.9 Å². The minimum Gasteiger partial charge on any atom is -0.303 e. The Kier molecular flexibility index (Phi) is 7.51. The lowest BCUT2D eigenvalue weighted by atomic mass is 9.80. The summed E-state index contributed by atoms with van der Waals surface area (Å²) in [5.74, 6) is -3.44. The molecule has 0 N–H and O–H groups in total. The van der Waals surface area contributed by atoms with Crippen molar-refractivity contribution in [3.8, 4) is 0 Å². The summed E-state index contributed by atoms with van der Waals surface area (Å²) in [7, 11) is 0. The number of hydrogen-bond donors (Lipinski definition) is 0. The van der Waals surface area contributed by atoms with Crippen molar-refractivity contribution in [1.82, 2.24) is 0 Å². The Hall–Kier alpha value is -2.29. The topological polar surface area (TPSA) is 34.1 Å². The number of benzene rings is 2. The van der Waals surface area contributed by atoms with E-state index in [1.54, 1.807) is 30.3 Å². The monoisotopic (exact) mass is 434 g/mol. The van der Waals surface area contributed by atoms with Crippen molar-refractivity contribution >= 4 is 23.2 Å². The van der Waals surface area contributed by atoms with Gasteiger partial charge in [0.25, 0.3) is 0 Å². The lowest BCUT2D eigenvalue weighted by Gasteiger charge is -2.26. The summed E-state index contributed by atoms with van der Waals surface area (Å²) in [6.07, 6.45) is -8.81. The molecule has 156 valence electrons. The van der Waals surface area contributed by atoms with Crippen LogP contribution in [0, 0.1) is 0 Å². The molecule has 9 heteroatoms. The van der Waals surface area contributed by atoms with Crippen molar-refractivity contribution in [3.05, 3.63) is 71.3 Å². The number of rotatable bonds is 7. The van der Waals surface area contributed by atoms with E-state index in [0.29, 0.717) is 11.8 Å². The number of carbonyl (C=O) groups excluding carboxylic acids is 2. The third-order valence-electron chi connectivity index (χ3n) is 4.21. The van der Waals surface area contributed by atoms with E-state index in [1.165, 1.54) is 0 Å². The Morgan fingerprint density at radius 1 is 0.897 bits per heavy atom. The third-order valence-corrected chi connectivity index (χ3v) is 5.22. The predicted octanol–water partition coefficient (Wildman–Crippen LogP) is 5.98. The van der Waals surface area contributed by atoms with Gasteiger partial charge in [-0.2, -0.15) is 26.3 Å². The average Bonchev–Trinajstić information content (AvgIpc) is 2.66. The zero-order valence-electron chi connectivity index (χ0n) is 14.8. The summed E-state index contributed by atoms with van der Waals surface area (Å²) in [5, 5.41) is -0.863. The van der Waals surface area contributed by atoms with Crippen molar-refractivity contribution in [1.29, 1.82) is 0 Å². The average molecular weight is 434 g/mol. The van der Waals surface area contributed by atoms with E-state index in [0.717, 1.165) is 24.3 Å². The normalized spacial score (nSPS) is 14.3. The fourth-order valence-corrected chi connectivity index (χ4v) is 3.71. The summed E-state index contributed by atoms with van der Waals surface area (Å²) in [4.78, 5) is 23.9. The van der Waals surface area contributed by atoms with Gasteiger partial charge < -0.3 is 4.79 Å². The maximum Gasteiger partial charge on any atom is 0.416 e. The highest BCUT2D eigenvalue weighted by Crippen LogP contribution is 2.40. The minimum absolute atomic E-state index is 0.0428. The van der Waals surface area contributed by atoms with Crippen LogP contribution in [0.15, 0.2) is 54.6 Å². The fourth-order valence-electron chi connectivity index (χ4n) is 2.92. The van der Waals surface area contributed by atoms with Gasteiger partial charge in [-0.3, -0.25) is 4.79 Å². The highest BCUT2D eigenvalue weighted by Gasteiger charge is 2.36. The molecule has 2 nitrogen and oxygen atoms in total. The van der Waals surface area contributed by atoms with Crippen LogP contribution >= 0.6 is 11.8 Å². The van der Waals surface area contributed by atoms with Gasteiger partial charge in [0.1, 0.15) is 6.29 Å². The maximum atomic E-state index is 12.8. The molecule has 0 aliphatic carbocycles. The minimum atomic E-state index is -4.59. The van der Waals surface area contributed by atoms with Crippen LogP contribution in [-0.4, -0.2) is 23.3 Å². The molecule has 2 aromatic carbocycles. The Morgan fingerprint density at radius 2 is 1.48 bits per heavy atom. The SMILES string of the molecule is O=CC[C@@H](c1ccccc1)[C@H](C(=O)SCC(F)(F)F)c1ccc(C(F)(F)F)cc1. The number of halogens is 6. The molecule has 2 aromatic rings. The lowest BCUT2D eigenvalue weighted by Crippen LogP contribution is -2.22. The standard InChI is InChI=1S/C20H16F6O2S/c21-19(22,23)12-29-18(28)17(14-6-8-15(9-7-14)20(24,25)26)16(10-11-27)13-4-2-1-3-5-13/h1-9,11,16-17H,10,12H2/t16-,17+/m0/s1. The highest BCUT2D eigenvalue weighted by molar-refractivity contribution is 8.13. The second kappa shape index (κ2) is 9.47. The number of thioether (sulfide) groups is 1. The molecule has 0 saturated carbocycles. The van der Waals surface area contributed by atoms with E-state index in [4.69, 9.17) is 0 Å². The Labute approximate surface area is 167 Å². The van der Waals surface area contributed by atoms with Crippen LogP contribution in [0.25, 0.3) is 0 Å². The molecule has 0 heterocycles. The first-order valence-electron chi connectivity index (χ1n) is 8.42. The van der Waals surface area contributed by atoms with Gasteiger partial charge in [0.05, 0.1) is 17.2 Å². The lowest BCUT2D eigenvalue weighted by molar-refractivity contribution is -0.137. The molecular weight excluding hydrogens is 418 g/mol. The Morgan fingerprint density at radius 3 is 1.97 bits per heavy atom. The second-order valence-corrected chi connectivity index (χ2v) is 7.22. The molecule has 0 unspecified atom stereocenters. The van der Waals surface area contributed by atoms with E-state index < -0.39 is 40.6 Å². The summed E-state index contributed by atoms with van der Waals surface area (Å²) >= 11 is 0.0428. The molecule has 0 bridgehead atoms. The molecular formula is C20H16F6O2S. The van der Waals surface area contributed by atoms with E-state index in [1.807, 2.05) is 0 Å². The van der Waals surface area contributed by atoms with Gasteiger partial charge in [0.15, 0.2) is 5.12 Å². The van der Waals surface area contributed by atoms with Gasteiger partial charge in [0, 0.05) is 12.3 Å². The van der Waals surface area contributed by atoms with Crippen LogP contribution in [0.2, 0.25) is 0 Å². The molecule has 0 radical (unpaired) electrons. The number of aldehydes is 1. The number of alkyl halides is 6. The smallest absolute Gasteiger partial charge is 0.303 e. The van der Waals surface area contributed by atoms with Crippen molar-refractivity contribution in [3.63, 3.8) is 0 Å². The van der Waals surface area contributed by atoms with E-state index in [9.17, 15) is 35.9 Å². The molecule has 2 atom stereocenters. The van der Waals surface area contributed by atoms with Crippen LogP contribution < -0.4 is 0 Å². The maximum absolute atomic E-state index is 12.8. The van der Waals surface area contributed by atoms with Gasteiger partial charge in [-0.15, -0.1) is 0 Å². The number of carbonyl (C=O) groups is 2. The molecule has 0 aliphatic heterocycles. The Bertz CT molecular complexity index is 816. The molecule has 0 amide bonds. The Balaban J connectivity index is 2.46. The highest BCUT2D eigenvalue weighted by atomic mass is 32.2. The summed E-state index contributed by atoms with van der Waals surface area (Å²) < 4.78 is 76.3. The molecule has 29 heavy (non-hydrogen) atoms. The van der Waals surface area contributed by atoms with Crippen LogP contribution in [0.5, 0.6) is 0 Å². The van der Waals surface area contributed by atoms with Crippen molar-refractivity contribution in [2.75, 3.05) is 5.75 Å². The first kappa shape index (κ1) is 23.0. The van der Waals surface area contributed by atoms with E-state index in [2.05, 4.69) is 0 Å². The fraction of sp³-hybridized carbons (Fsp3) is 0.300. The largest absolute Gasteiger partial charge is 0.416 e. The van der Waals surface area contributed by atoms with E-state index >= 15 is 0 Å². The van der Waals surface area contributed by atoms with Gasteiger partial charge in [-0.1, -0.05) is 54.2 Å². The predicted molar refractivity (Wildman–Crippen MR) is 97.6 cm³/mol. The molecule has 0 saturated heterocycles. The van der Waals surface area contributed by atoms with Crippen molar-refractivity contribution in [2.24, 2.45) is 0 Å². The van der Waals surface area contributed by atoms with Gasteiger partial charge in [-0.05, 0) is 23.3 Å². The summed E-state index contributed by atoms with van der Waals surface area (Å²) in [6, 6.07) is 11.9. The van der Waals surface area contributed by atoms with Crippen LogP contribution in [-0.2, 0) is 15.8 Å².